The zero-order valence-corrected chi connectivity index (χ0v) is 26.2. The van der Waals surface area contributed by atoms with E-state index in [1.165, 1.54) is 22.3 Å². The molecule has 4 nitrogen and oxygen atoms in total. The number of hydrogen-bond donors (Lipinski definition) is 2. The van der Waals surface area contributed by atoms with Gasteiger partial charge in [0, 0.05) is 5.70 Å². The van der Waals surface area contributed by atoms with Gasteiger partial charge in [-0.1, -0.05) is 139 Å². The first-order valence-corrected chi connectivity index (χ1v) is 15.4. The summed E-state index contributed by atoms with van der Waals surface area (Å²) >= 11 is 0. The molecule has 0 amide bonds. The molecule has 45 heavy (non-hydrogen) atoms. The van der Waals surface area contributed by atoms with Crippen LogP contribution >= 0.6 is 0 Å². The molecule has 223 valence electrons. The number of aliphatic imine (C=N–C) groups is 1. The molecule has 0 saturated carbocycles. The van der Waals surface area contributed by atoms with Gasteiger partial charge in [0.2, 0.25) is 0 Å². The Morgan fingerprint density at radius 2 is 1.07 bits per heavy atom. The van der Waals surface area contributed by atoms with Crippen LogP contribution in [0.1, 0.15) is 50.6 Å². The van der Waals surface area contributed by atoms with E-state index in [0.29, 0.717) is 0 Å². The van der Waals surface area contributed by atoms with Crippen molar-refractivity contribution in [2.75, 3.05) is 0 Å². The minimum Gasteiger partial charge on any atom is -0.427 e. The van der Waals surface area contributed by atoms with E-state index in [9.17, 15) is 5.11 Å². The van der Waals surface area contributed by atoms with Crippen molar-refractivity contribution in [2.24, 2.45) is 4.99 Å². The quantitative estimate of drug-likeness (QED) is 0.172. The third-order valence-corrected chi connectivity index (χ3v) is 8.65. The largest absolute Gasteiger partial charge is 0.427 e. The molecule has 2 N–H and O–H groups in total. The molecule has 5 aromatic rings. The van der Waals surface area contributed by atoms with E-state index in [1.54, 1.807) is 21.3 Å². The Labute approximate surface area is 267 Å². The van der Waals surface area contributed by atoms with Gasteiger partial charge in [0.25, 0.3) is 0 Å². The van der Waals surface area contributed by atoms with Gasteiger partial charge in [-0.3, -0.25) is 4.99 Å². The lowest BCUT2D eigenvalue weighted by atomic mass is 9.82. The SMILES string of the molecule is CC(C)(O)C(C)(C)O[B]c1ccc(C2=CC(c3ccc(-c4ccccc4)cc3)=NC(c3ccc(-c4ccccc4)cc3)N2)cc1. The van der Waals surface area contributed by atoms with Crippen molar-refractivity contribution in [3.8, 4) is 22.3 Å². The average molecular weight is 590 g/mol. The van der Waals surface area contributed by atoms with Crippen molar-refractivity contribution in [2.45, 2.75) is 45.1 Å². The second-order valence-corrected chi connectivity index (χ2v) is 12.5. The van der Waals surface area contributed by atoms with Gasteiger partial charge in [0.05, 0.1) is 16.9 Å². The smallest absolute Gasteiger partial charge is 0.330 e. The fourth-order valence-electron chi connectivity index (χ4n) is 5.07. The lowest BCUT2D eigenvalue weighted by Gasteiger charge is -2.37. The normalized spacial score (nSPS) is 15.1. The molecule has 0 spiro atoms. The van der Waals surface area contributed by atoms with Crippen LogP contribution in [0, 0.1) is 0 Å². The number of hydrogen-bond acceptors (Lipinski definition) is 4. The van der Waals surface area contributed by atoms with Crippen molar-refractivity contribution in [1.82, 2.24) is 5.32 Å². The Balaban J connectivity index is 1.29. The summed E-state index contributed by atoms with van der Waals surface area (Å²) < 4.78 is 5.97. The Kier molecular flexibility index (Phi) is 8.58. The number of rotatable bonds is 9. The second kappa shape index (κ2) is 12.7. The van der Waals surface area contributed by atoms with Gasteiger partial charge in [0.15, 0.2) is 0 Å². The molecule has 1 aliphatic rings. The highest BCUT2D eigenvalue weighted by molar-refractivity contribution is 6.47. The number of nitrogens with one attached hydrogen (secondary N) is 1. The Morgan fingerprint density at radius 3 is 1.60 bits per heavy atom. The summed E-state index contributed by atoms with van der Waals surface area (Å²) in [7, 11) is 1.71. The molecule has 0 aliphatic carbocycles. The average Bonchev–Trinajstić information content (AvgIpc) is 3.08. The molecule has 5 heteroatoms. The van der Waals surface area contributed by atoms with Gasteiger partial charge in [-0.2, -0.15) is 0 Å². The van der Waals surface area contributed by atoms with Gasteiger partial charge < -0.3 is 15.1 Å². The van der Waals surface area contributed by atoms with E-state index in [0.717, 1.165) is 33.6 Å². The summed E-state index contributed by atoms with van der Waals surface area (Å²) in [5, 5.41) is 14.1. The van der Waals surface area contributed by atoms with E-state index >= 15 is 0 Å². The predicted octanol–water partition coefficient (Wildman–Crippen LogP) is 7.96. The van der Waals surface area contributed by atoms with Gasteiger partial charge >= 0.3 is 7.48 Å². The van der Waals surface area contributed by atoms with Crippen LogP contribution in [0.15, 0.2) is 145 Å². The fraction of sp³-hybridized carbons (Fsp3) is 0.175. The monoisotopic (exact) mass is 589 g/mol. The lowest BCUT2D eigenvalue weighted by molar-refractivity contribution is -0.0893. The van der Waals surface area contributed by atoms with Crippen LogP contribution in [0.4, 0.5) is 0 Å². The maximum absolute atomic E-state index is 10.4. The predicted molar refractivity (Wildman–Crippen MR) is 187 cm³/mol. The van der Waals surface area contributed by atoms with Crippen molar-refractivity contribution < 1.29 is 9.76 Å². The zero-order valence-electron chi connectivity index (χ0n) is 26.2. The van der Waals surface area contributed by atoms with Crippen LogP contribution in [-0.2, 0) is 4.65 Å². The Hall–Kier alpha value is -4.71. The first kappa shape index (κ1) is 30.3. The molecule has 0 saturated heterocycles. The van der Waals surface area contributed by atoms with Crippen molar-refractivity contribution in [3.63, 3.8) is 0 Å². The number of benzene rings is 5. The third-order valence-electron chi connectivity index (χ3n) is 8.65. The van der Waals surface area contributed by atoms with E-state index < -0.39 is 11.2 Å². The first-order chi connectivity index (χ1) is 21.7. The molecular formula is C40H38BN2O2. The molecule has 0 aromatic heterocycles. The molecule has 1 aliphatic heterocycles. The Bertz CT molecular complexity index is 1790. The standard InChI is InChI=1S/C40H38BN2O2/c1-39(2,44)40(3,4)45-41-35-25-23-33(24-26-35)37-27-36(32-19-15-30(16-20-32)28-11-7-5-8-12-28)42-38(43-37)34-21-17-31(18-22-34)29-13-9-6-10-14-29/h5-27,38,43-44H,1-4H3. The molecule has 1 radical (unpaired) electrons. The molecule has 1 atom stereocenters. The van der Waals surface area contributed by atoms with Crippen LogP contribution in [0.2, 0.25) is 0 Å². The summed E-state index contributed by atoms with van der Waals surface area (Å²) in [6, 6.07) is 46.3. The molecular weight excluding hydrogens is 551 g/mol. The minimum atomic E-state index is -0.983. The third kappa shape index (κ3) is 7.01. The molecule has 1 heterocycles. The maximum Gasteiger partial charge on any atom is 0.330 e. The molecule has 6 rings (SSSR count). The second-order valence-electron chi connectivity index (χ2n) is 12.5. The van der Waals surface area contributed by atoms with Gasteiger partial charge in [-0.25, -0.2) is 0 Å². The number of aliphatic hydroxyl groups is 1. The highest BCUT2D eigenvalue weighted by Gasteiger charge is 2.35. The highest BCUT2D eigenvalue weighted by atomic mass is 16.5. The van der Waals surface area contributed by atoms with Crippen LogP contribution in [-0.4, -0.2) is 29.5 Å². The van der Waals surface area contributed by atoms with Crippen LogP contribution < -0.4 is 10.8 Å². The molecule has 0 bridgehead atoms. The Morgan fingerprint density at radius 1 is 0.600 bits per heavy atom. The van der Waals surface area contributed by atoms with E-state index in [4.69, 9.17) is 9.65 Å². The number of nitrogens with zero attached hydrogens (tertiary/aromatic N) is 1. The van der Waals surface area contributed by atoms with Crippen molar-refractivity contribution in [1.29, 1.82) is 0 Å². The van der Waals surface area contributed by atoms with E-state index in [2.05, 4.69) is 121 Å². The topological polar surface area (TPSA) is 53.9 Å². The van der Waals surface area contributed by atoms with E-state index in [1.807, 2.05) is 38.1 Å². The van der Waals surface area contributed by atoms with E-state index in [-0.39, 0.29) is 6.17 Å². The summed E-state index contributed by atoms with van der Waals surface area (Å²) in [5.74, 6) is 0. The van der Waals surface area contributed by atoms with Crippen LogP contribution in [0.3, 0.4) is 0 Å². The number of allylic oxidation sites excluding steroid dienone is 1. The van der Waals surface area contributed by atoms with Crippen LogP contribution in [0.25, 0.3) is 28.0 Å². The summed E-state index contributed by atoms with van der Waals surface area (Å²) in [4.78, 5) is 5.18. The zero-order chi connectivity index (χ0) is 31.4. The minimum absolute atomic E-state index is 0.249. The van der Waals surface area contributed by atoms with Crippen molar-refractivity contribution >= 4 is 24.4 Å². The lowest BCUT2D eigenvalue weighted by Crippen LogP contribution is -2.49. The fourth-order valence-corrected chi connectivity index (χ4v) is 5.07. The first-order valence-electron chi connectivity index (χ1n) is 15.4. The van der Waals surface area contributed by atoms with Crippen LogP contribution in [0.5, 0.6) is 0 Å². The summed E-state index contributed by atoms with van der Waals surface area (Å²) in [6.45, 7) is 7.28. The molecule has 0 fully saturated rings. The van der Waals surface area contributed by atoms with Gasteiger partial charge in [0.1, 0.15) is 6.17 Å². The summed E-state index contributed by atoms with van der Waals surface area (Å²) in [6.07, 6.45) is 1.87. The van der Waals surface area contributed by atoms with Crippen molar-refractivity contribution in [3.05, 3.63) is 156 Å². The molecule has 1 unspecified atom stereocenters. The van der Waals surface area contributed by atoms with Gasteiger partial charge in [-0.05, 0) is 72.7 Å². The molecule has 5 aromatic carbocycles. The van der Waals surface area contributed by atoms with Gasteiger partial charge in [-0.15, -0.1) is 0 Å². The maximum atomic E-state index is 10.4. The summed E-state index contributed by atoms with van der Waals surface area (Å²) in [5.41, 5.74) is 9.05. The highest BCUT2D eigenvalue weighted by Crippen LogP contribution is 2.29.